The Morgan fingerprint density at radius 2 is 2.22 bits per heavy atom. The number of likely N-dealkylation sites (tertiary alicyclic amines) is 1. The van der Waals surface area contributed by atoms with E-state index in [2.05, 4.69) is 15.5 Å². The number of likely N-dealkylation sites (N-methyl/N-ethyl adjacent to an activating group) is 1. The molecule has 1 fully saturated rings. The van der Waals surface area contributed by atoms with Crippen LogP contribution < -0.4 is 5.32 Å². The van der Waals surface area contributed by atoms with Crippen molar-refractivity contribution in [3.05, 3.63) is 35.7 Å². The van der Waals surface area contributed by atoms with E-state index in [9.17, 15) is 9.59 Å². The molecule has 3 rings (SSSR count). The molecule has 0 bridgehead atoms. The summed E-state index contributed by atoms with van der Waals surface area (Å²) in [7, 11) is 3.60. The van der Waals surface area contributed by atoms with Crippen LogP contribution in [0.5, 0.6) is 0 Å². The van der Waals surface area contributed by atoms with E-state index >= 15 is 0 Å². The smallest absolute Gasteiger partial charge is 0.290 e. The molecule has 0 aliphatic carbocycles. The van der Waals surface area contributed by atoms with Gasteiger partial charge >= 0.3 is 0 Å². The lowest BCUT2D eigenvalue weighted by molar-refractivity contribution is -0.136. The quantitative estimate of drug-likeness (QED) is 0.904. The monoisotopic (exact) mass is 317 g/mol. The number of imidazole rings is 1. The maximum atomic E-state index is 12.3. The number of rotatable bonds is 3. The van der Waals surface area contributed by atoms with Crippen molar-refractivity contribution in [2.75, 3.05) is 7.05 Å². The van der Waals surface area contributed by atoms with Gasteiger partial charge < -0.3 is 19.3 Å². The van der Waals surface area contributed by atoms with Crippen LogP contribution in [-0.2, 0) is 11.8 Å². The summed E-state index contributed by atoms with van der Waals surface area (Å²) in [5, 5.41) is 6.67. The Kier molecular flexibility index (Phi) is 3.89. The number of aryl methyl sites for hydroxylation is 2. The zero-order chi connectivity index (χ0) is 16.6. The summed E-state index contributed by atoms with van der Waals surface area (Å²) >= 11 is 0. The minimum absolute atomic E-state index is 0.0407. The Morgan fingerprint density at radius 1 is 1.43 bits per heavy atom. The Bertz CT molecular complexity index is 735. The van der Waals surface area contributed by atoms with Gasteiger partial charge in [-0.3, -0.25) is 9.59 Å². The second-order valence-electron chi connectivity index (χ2n) is 5.80. The van der Waals surface area contributed by atoms with E-state index in [1.165, 1.54) is 0 Å². The summed E-state index contributed by atoms with van der Waals surface area (Å²) in [6, 6.07) is 1.03. The van der Waals surface area contributed by atoms with Crippen LogP contribution in [0.2, 0.25) is 0 Å². The van der Waals surface area contributed by atoms with E-state index in [-0.39, 0.29) is 29.7 Å². The molecule has 1 aliphatic rings. The number of piperidine rings is 1. The van der Waals surface area contributed by atoms with Gasteiger partial charge in [-0.05, 0) is 13.3 Å². The van der Waals surface area contributed by atoms with Crippen molar-refractivity contribution < 1.29 is 14.1 Å². The number of carbonyl (C=O) groups is 2. The Hall–Kier alpha value is -2.64. The summed E-state index contributed by atoms with van der Waals surface area (Å²) in [5.41, 5.74) is 0.645. The highest BCUT2D eigenvalue weighted by atomic mass is 16.5. The maximum absolute atomic E-state index is 12.3. The van der Waals surface area contributed by atoms with Crippen LogP contribution in [0.3, 0.4) is 0 Å². The predicted octanol–water partition coefficient (Wildman–Crippen LogP) is 0.808. The van der Waals surface area contributed by atoms with E-state index in [1.54, 1.807) is 31.1 Å². The Labute approximate surface area is 133 Å². The normalized spacial score (nSPS) is 21.5. The number of nitrogens with zero attached hydrogens (tertiary/aromatic N) is 4. The van der Waals surface area contributed by atoms with Crippen molar-refractivity contribution in [1.82, 2.24) is 24.9 Å². The molecule has 8 heteroatoms. The largest absolute Gasteiger partial charge is 0.351 e. The fourth-order valence-electron chi connectivity index (χ4n) is 2.91. The maximum Gasteiger partial charge on any atom is 0.290 e. The van der Waals surface area contributed by atoms with Gasteiger partial charge in [0.25, 0.3) is 5.91 Å². The van der Waals surface area contributed by atoms with Gasteiger partial charge in [0.15, 0.2) is 0 Å². The molecule has 23 heavy (non-hydrogen) atoms. The number of aromatic nitrogens is 3. The highest BCUT2D eigenvalue weighted by Gasteiger charge is 2.38. The molecule has 8 nitrogen and oxygen atoms in total. The van der Waals surface area contributed by atoms with E-state index in [4.69, 9.17) is 4.52 Å². The third-order valence-electron chi connectivity index (χ3n) is 4.15. The summed E-state index contributed by atoms with van der Waals surface area (Å²) in [6.07, 6.45) is 4.44. The van der Waals surface area contributed by atoms with Gasteiger partial charge in [0.2, 0.25) is 11.7 Å². The molecule has 2 amide bonds. The molecule has 2 aromatic heterocycles. The molecular formula is C15H19N5O3. The van der Waals surface area contributed by atoms with Gasteiger partial charge in [0.05, 0.1) is 11.7 Å². The first-order valence-electron chi connectivity index (χ1n) is 7.44. The lowest BCUT2D eigenvalue weighted by Crippen LogP contribution is -2.51. The zero-order valence-electron chi connectivity index (χ0n) is 13.3. The third kappa shape index (κ3) is 2.84. The molecule has 2 aromatic rings. The molecular weight excluding hydrogens is 298 g/mol. The molecule has 1 saturated heterocycles. The van der Waals surface area contributed by atoms with Gasteiger partial charge in [0.1, 0.15) is 11.9 Å². The highest BCUT2D eigenvalue weighted by Crippen LogP contribution is 2.29. The molecule has 1 N–H and O–H groups in total. The fourth-order valence-corrected chi connectivity index (χ4v) is 2.91. The van der Waals surface area contributed by atoms with Crippen molar-refractivity contribution in [2.45, 2.75) is 31.8 Å². The minimum Gasteiger partial charge on any atom is -0.351 e. The SMILES string of the molecule is Cc1cc(C(=O)N[C@@H]2CCC(=O)N(C)[C@H]2c2nccn2C)on1. The molecule has 3 heterocycles. The molecule has 0 saturated carbocycles. The van der Waals surface area contributed by atoms with Gasteiger partial charge in [-0.1, -0.05) is 5.16 Å². The fraction of sp³-hybridized carbons (Fsp3) is 0.467. The van der Waals surface area contributed by atoms with Crippen molar-refractivity contribution in [1.29, 1.82) is 0 Å². The zero-order valence-corrected chi connectivity index (χ0v) is 13.3. The van der Waals surface area contributed by atoms with Gasteiger partial charge in [-0.2, -0.15) is 0 Å². The molecule has 0 unspecified atom stereocenters. The first kappa shape index (κ1) is 15.3. The molecule has 0 aromatic carbocycles. The Morgan fingerprint density at radius 3 is 2.83 bits per heavy atom. The number of hydrogen-bond acceptors (Lipinski definition) is 5. The summed E-state index contributed by atoms with van der Waals surface area (Å²) in [6.45, 7) is 1.75. The van der Waals surface area contributed by atoms with E-state index in [1.807, 2.05) is 17.8 Å². The first-order chi connectivity index (χ1) is 11.0. The molecule has 122 valence electrons. The first-order valence-corrected chi connectivity index (χ1v) is 7.44. The van der Waals surface area contributed by atoms with E-state index in [0.29, 0.717) is 18.5 Å². The number of hydrogen-bond donors (Lipinski definition) is 1. The molecule has 0 spiro atoms. The van der Waals surface area contributed by atoms with E-state index in [0.717, 1.165) is 5.82 Å². The van der Waals surface area contributed by atoms with Crippen LogP contribution >= 0.6 is 0 Å². The lowest BCUT2D eigenvalue weighted by Gasteiger charge is -2.38. The lowest BCUT2D eigenvalue weighted by atomic mass is 9.95. The van der Waals surface area contributed by atoms with Crippen molar-refractivity contribution in [3.8, 4) is 0 Å². The van der Waals surface area contributed by atoms with Crippen LogP contribution in [0.15, 0.2) is 23.0 Å². The van der Waals surface area contributed by atoms with Gasteiger partial charge in [0, 0.05) is 39.0 Å². The average Bonchev–Trinajstić information content (AvgIpc) is 3.12. The Balaban J connectivity index is 1.85. The van der Waals surface area contributed by atoms with Crippen molar-refractivity contribution in [2.24, 2.45) is 7.05 Å². The van der Waals surface area contributed by atoms with Crippen LogP contribution in [-0.4, -0.2) is 44.5 Å². The van der Waals surface area contributed by atoms with Crippen LogP contribution in [0.4, 0.5) is 0 Å². The van der Waals surface area contributed by atoms with Gasteiger partial charge in [-0.25, -0.2) is 4.98 Å². The topological polar surface area (TPSA) is 93.3 Å². The third-order valence-corrected chi connectivity index (χ3v) is 4.15. The summed E-state index contributed by atoms with van der Waals surface area (Å²) in [4.78, 5) is 30.4. The van der Waals surface area contributed by atoms with Crippen molar-refractivity contribution >= 4 is 11.8 Å². The van der Waals surface area contributed by atoms with Crippen molar-refractivity contribution in [3.63, 3.8) is 0 Å². The second kappa shape index (κ2) is 5.86. The summed E-state index contributed by atoms with van der Waals surface area (Å²) in [5.74, 6) is 0.608. The average molecular weight is 317 g/mol. The van der Waals surface area contributed by atoms with Gasteiger partial charge in [-0.15, -0.1) is 0 Å². The molecule has 1 aliphatic heterocycles. The second-order valence-corrected chi connectivity index (χ2v) is 5.80. The van der Waals surface area contributed by atoms with E-state index < -0.39 is 0 Å². The highest BCUT2D eigenvalue weighted by molar-refractivity contribution is 5.91. The number of amides is 2. The summed E-state index contributed by atoms with van der Waals surface area (Å²) < 4.78 is 6.86. The minimum atomic E-state index is -0.336. The predicted molar refractivity (Wildman–Crippen MR) is 80.4 cm³/mol. The van der Waals surface area contributed by atoms with Crippen LogP contribution in [0, 0.1) is 6.92 Å². The molecule has 0 radical (unpaired) electrons. The number of nitrogens with one attached hydrogen (secondary N) is 1. The standard InChI is InChI=1S/C15H19N5O3/c1-9-8-11(23-18-9)15(22)17-10-4-5-12(21)20(3)13(10)14-16-6-7-19(14)2/h6-8,10,13H,4-5H2,1-3H3,(H,17,22)/t10-,13-/m1/s1. The molecule has 2 atom stereocenters. The van der Waals surface area contributed by atoms with Crippen LogP contribution in [0.25, 0.3) is 0 Å². The number of carbonyl (C=O) groups excluding carboxylic acids is 2. The van der Waals surface area contributed by atoms with Crippen LogP contribution in [0.1, 0.15) is 41.0 Å².